The van der Waals surface area contributed by atoms with Gasteiger partial charge in [0, 0.05) is 17.1 Å². The number of hydrogen-bond acceptors (Lipinski definition) is 8. The fraction of sp³-hybridized carbons (Fsp3) is 0.455. The Morgan fingerprint density at radius 2 is 2.26 bits per heavy atom. The van der Waals surface area contributed by atoms with Gasteiger partial charge in [0.2, 0.25) is 0 Å². The van der Waals surface area contributed by atoms with E-state index < -0.39 is 28.7 Å². The maximum Gasteiger partial charge on any atom is 0.333 e. The molecule has 0 spiro atoms. The molecule has 0 radical (unpaired) electrons. The summed E-state index contributed by atoms with van der Waals surface area (Å²) in [5, 5.41) is 15.6. The second-order valence-electron chi connectivity index (χ2n) is 5.07. The summed E-state index contributed by atoms with van der Waals surface area (Å²) < 4.78 is 34.1. The monoisotopic (exact) mass is 407 g/mol. The maximum absolute atomic E-state index is 10.8. The third-order valence-electron chi connectivity index (χ3n) is 3.45. The lowest BCUT2D eigenvalue weighted by Crippen LogP contribution is -2.23. The number of nitrogens with two attached hydrogens (primary N) is 2. The van der Waals surface area contributed by atoms with Crippen LogP contribution in [0.15, 0.2) is 17.0 Å². The molecular formula is C11H14BrN5O5S. The summed E-state index contributed by atoms with van der Waals surface area (Å²) in [5.74, 6) is 0.294. The largest absolute Gasteiger partial charge is 0.388 e. The smallest absolute Gasteiger partial charge is 0.333 e. The Morgan fingerprint density at radius 1 is 1.52 bits per heavy atom. The molecule has 0 bridgehead atoms. The van der Waals surface area contributed by atoms with Crippen molar-refractivity contribution in [3.63, 3.8) is 0 Å². The first-order valence-corrected chi connectivity index (χ1v) is 8.80. The van der Waals surface area contributed by atoms with Crippen molar-refractivity contribution in [2.24, 2.45) is 5.14 Å². The van der Waals surface area contributed by atoms with Crippen molar-refractivity contribution in [1.82, 2.24) is 14.5 Å². The number of nitrogens with zero attached hydrogens (tertiary/aromatic N) is 3. The highest BCUT2D eigenvalue weighted by atomic mass is 79.9. The molecular weight excluding hydrogens is 394 g/mol. The highest BCUT2D eigenvalue weighted by Crippen LogP contribution is 2.36. The number of halogens is 1. The van der Waals surface area contributed by atoms with Crippen LogP contribution in [0.25, 0.3) is 11.0 Å². The molecule has 2 aromatic heterocycles. The van der Waals surface area contributed by atoms with Crippen molar-refractivity contribution in [2.75, 3.05) is 12.3 Å². The van der Waals surface area contributed by atoms with Gasteiger partial charge >= 0.3 is 10.3 Å². The lowest BCUT2D eigenvalue weighted by molar-refractivity contribution is -0.0449. The summed E-state index contributed by atoms with van der Waals surface area (Å²) in [6.07, 6.45) is 0.923. The zero-order chi connectivity index (χ0) is 16.8. The van der Waals surface area contributed by atoms with Crippen molar-refractivity contribution in [3.8, 4) is 0 Å². The van der Waals surface area contributed by atoms with Gasteiger partial charge in [-0.15, -0.1) is 0 Å². The van der Waals surface area contributed by atoms with E-state index in [0.717, 1.165) is 0 Å². The van der Waals surface area contributed by atoms with Crippen molar-refractivity contribution in [2.45, 2.75) is 24.9 Å². The molecule has 0 unspecified atom stereocenters. The minimum Gasteiger partial charge on any atom is -0.388 e. The van der Waals surface area contributed by atoms with Crippen LogP contribution in [0.2, 0.25) is 0 Å². The number of nitrogen functional groups attached to an aromatic ring is 1. The molecule has 0 aliphatic carbocycles. The van der Waals surface area contributed by atoms with Gasteiger partial charge in [-0.2, -0.15) is 8.42 Å². The lowest BCUT2D eigenvalue weighted by Gasteiger charge is -2.17. The van der Waals surface area contributed by atoms with Crippen molar-refractivity contribution in [1.29, 1.82) is 0 Å². The SMILES string of the molecule is Nc1ncnc2c1c(Br)cn2[C@@H]1O[C@H](COS(N)(=O)=O)C[C@H]1O. The van der Waals surface area contributed by atoms with Crippen molar-refractivity contribution in [3.05, 3.63) is 17.0 Å². The zero-order valence-corrected chi connectivity index (χ0v) is 14.1. The van der Waals surface area contributed by atoms with Gasteiger partial charge in [0.15, 0.2) is 6.23 Å². The van der Waals surface area contributed by atoms with Gasteiger partial charge in [0.25, 0.3) is 0 Å². The molecule has 0 aromatic carbocycles. The Hall–Kier alpha value is -1.31. The van der Waals surface area contributed by atoms with Gasteiger partial charge in [-0.1, -0.05) is 0 Å². The number of anilines is 1. The van der Waals surface area contributed by atoms with E-state index in [0.29, 0.717) is 21.3 Å². The van der Waals surface area contributed by atoms with Gasteiger partial charge in [0.05, 0.1) is 18.1 Å². The number of aromatic nitrogens is 3. The summed E-state index contributed by atoms with van der Waals surface area (Å²) in [7, 11) is -4.06. The Bertz CT molecular complexity index is 841. The Kier molecular flexibility index (Phi) is 4.29. The molecule has 0 saturated carbocycles. The zero-order valence-electron chi connectivity index (χ0n) is 11.7. The first-order valence-electron chi connectivity index (χ1n) is 6.53. The molecule has 3 heterocycles. The van der Waals surface area contributed by atoms with E-state index in [4.69, 9.17) is 15.6 Å². The van der Waals surface area contributed by atoms with Gasteiger partial charge in [-0.05, 0) is 15.9 Å². The summed E-state index contributed by atoms with van der Waals surface area (Å²) in [5.41, 5.74) is 6.32. The van der Waals surface area contributed by atoms with Gasteiger partial charge in [-0.3, -0.25) is 4.18 Å². The lowest BCUT2D eigenvalue weighted by atomic mass is 10.2. The third-order valence-corrected chi connectivity index (χ3v) is 4.52. The number of hydrogen-bond donors (Lipinski definition) is 3. The number of aliphatic hydroxyl groups is 1. The van der Waals surface area contributed by atoms with Crippen molar-refractivity contribution < 1.29 is 22.4 Å². The number of rotatable bonds is 4. The van der Waals surface area contributed by atoms with Crippen LogP contribution in [-0.2, 0) is 19.2 Å². The summed E-state index contributed by atoms with van der Waals surface area (Å²) in [6.45, 7) is -0.274. The van der Waals surface area contributed by atoms with E-state index in [-0.39, 0.29) is 13.0 Å². The molecule has 5 N–H and O–H groups in total. The quantitative estimate of drug-likeness (QED) is 0.620. The molecule has 0 amide bonds. The van der Waals surface area contributed by atoms with E-state index in [9.17, 15) is 13.5 Å². The molecule has 1 aliphatic heterocycles. The number of fused-ring (bicyclic) bond motifs is 1. The second kappa shape index (κ2) is 5.96. The molecule has 1 saturated heterocycles. The molecule has 1 fully saturated rings. The van der Waals surface area contributed by atoms with E-state index in [1.165, 1.54) is 6.33 Å². The molecule has 10 nitrogen and oxygen atoms in total. The molecule has 3 atom stereocenters. The molecule has 1 aliphatic rings. The van der Waals surface area contributed by atoms with Gasteiger partial charge < -0.3 is 20.1 Å². The highest BCUT2D eigenvalue weighted by molar-refractivity contribution is 9.10. The average molecular weight is 408 g/mol. The summed E-state index contributed by atoms with van der Waals surface area (Å²) >= 11 is 3.37. The minimum atomic E-state index is -4.06. The Morgan fingerprint density at radius 3 is 2.96 bits per heavy atom. The maximum atomic E-state index is 10.8. The number of ether oxygens (including phenoxy) is 1. The van der Waals surface area contributed by atoms with Crippen LogP contribution in [0.5, 0.6) is 0 Å². The third kappa shape index (κ3) is 3.32. The topological polar surface area (TPSA) is 156 Å². The fourth-order valence-corrected chi connectivity index (χ4v) is 3.46. The molecule has 3 rings (SSSR count). The van der Waals surface area contributed by atoms with E-state index in [1.54, 1.807) is 10.8 Å². The van der Waals surface area contributed by atoms with E-state index >= 15 is 0 Å². The van der Waals surface area contributed by atoms with Crippen LogP contribution in [-0.4, -0.2) is 46.9 Å². The van der Waals surface area contributed by atoms with Crippen LogP contribution in [0, 0.1) is 0 Å². The predicted octanol–water partition coefficient (Wildman–Crippen LogP) is -0.356. The number of aliphatic hydroxyl groups excluding tert-OH is 1. The van der Waals surface area contributed by atoms with Crippen LogP contribution in [0.1, 0.15) is 12.6 Å². The Balaban J connectivity index is 1.87. The first-order chi connectivity index (χ1) is 10.8. The predicted molar refractivity (Wildman–Crippen MR) is 83.2 cm³/mol. The molecule has 126 valence electrons. The van der Waals surface area contributed by atoms with E-state index in [1.807, 2.05) is 0 Å². The second-order valence-corrected chi connectivity index (χ2v) is 7.15. The standard InChI is InChI=1S/C11H14BrN5O5S/c12-6-2-17(10-8(6)9(13)15-4-16-10)11-7(18)1-5(22-11)3-21-23(14,19)20/h2,4-5,7,11,18H,1,3H2,(H2,13,15,16)(H2,14,19,20)/t5-,7+,11+/m0/s1. The minimum absolute atomic E-state index is 0.193. The normalized spacial score (nSPS) is 25.3. The van der Waals surface area contributed by atoms with Crippen molar-refractivity contribution >= 4 is 43.1 Å². The fourth-order valence-electron chi connectivity index (χ4n) is 2.51. The van der Waals surface area contributed by atoms with Crippen LogP contribution < -0.4 is 10.9 Å². The van der Waals surface area contributed by atoms with Gasteiger partial charge in [0.1, 0.15) is 23.9 Å². The van der Waals surface area contributed by atoms with E-state index in [2.05, 4.69) is 30.1 Å². The molecule has 12 heteroatoms. The van der Waals surface area contributed by atoms with Crippen LogP contribution >= 0.6 is 15.9 Å². The molecule has 23 heavy (non-hydrogen) atoms. The average Bonchev–Trinajstić information content (AvgIpc) is 2.97. The van der Waals surface area contributed by atoms with Crippen LogP contribution in [0.4, 0.5) is 5.82 Å². The Labute approximate surface area is 139 Å². The summed E-state index contributed by atoms with van der Waals surface area (Å²) in [6, 6.07) is 0. The first kappa shape index (κ1) is 16.5. The molecule has 2 aromatic rings. The van der Waals surface area contributed by atoms with Crippen LogP contribution in [0.3, 0.4) is 0 Å². The highest BCUT2D eigenvalue weighted by Gasteiger charge is 2.37. The van der Waals surface area contributed by atoms with Gasteiger partial charge in [-0.25, -0.2) is 15.1 Å². The summed E-state index contributed by atoms with van der Waals surface area (Å²) in [4.78, 5) is 8.07.